The van der Waals surface area contributed by atoms with Crippen molar-refractivity contribution in [2.45, 2.75) is 33.2 Å². The Balaban J connectivity index is 3.23. The van der Waals surface area contributed by atoms with Crippen LogP contribution in [0.1, 0.15) is 26.0 Å². The molecule has 1 heterocycles. The van der Waals surface area contributed by atoms with E-state index in [-0.39, 0.29) is 11.7 Å². The van der Waals surface area contributed by atoms with Gasteiger partial charge in [0.2, 0.25) is 11.8 Å². The van der Waals surface area contributed by atoms with E-state index in [1.165, 1.54) is 0 Å². The van der Waals surface area contributed by atoms with Crippen LogP contribution < -0.4 is 10.2 Å². The lowest BCUT2D eigenvalue weighted by molar-refractivity contribution is -0.385. The molecule has 0 amide bonds. The number of ether oxygens (including phenoxy) is 1. The average molecular weight is 297 g/mol. The Labute approximate surface area is 124 Å². The van der Waals surface area contributed by atoms with Gasteiger partial charge in [-0.25, -0.2) is 4.98 Å². The van der Waals surface area contributed by atoms with Gasteiger partial charge in [0, 0.05) is 20.7 Å². The van der Waals surface area contributed by atoms with E-state index in [0.717, 1.165) is 6.42 Å². The van der Waals surface area contributed by atoms with Gasteiger partial charge in [0.25, 0.3) is 0 Å². The summed E-state index contributed by atoms with van der Waals surface area (Å²) in [6.45, 7) is 6.74. The van der Waals surface area contributed by atoms with Crippen molar-refractivity contribution in [3.05, 3.63) is 15.8 Å². The first kappa shape index (κ1) is 17.1. The van der Waals surface area contributed by atoms with Crippen LogP contribution in [-0.2, 0) is 4.74 Å². The Kier molecular flexibility index (Phi) is 6.29. The van der Waals surface area contributed by atoms with Crippen molar-refractivity contribution in [3.8, 4) is 0 Å². The summed E-state index contributed by atoms with van der Waals surface area (Å²) < 4.78 is 5.10. The van der Waals surface area contributed by atoms with Gasteiger partial charge in [-0.1, -0.05) is 6.92 Å². The van der Waals surface area contributed by atoms with Crippen molar-refractivity contribution >= 4 is 17.5 Å². The smallest absolute Gasteiger partial charge is 0.332 e. The predicted octanol–water partition coefficient (Wildman–Crippen LogP) is 1.99. The Morgan fingerprint density at radius 1 is 1.48 bits per heavy atom. The molecule has 0 bridgehead atoms. The molecule has 1 unspecified atom stereocenters. The number of aromatic nitrogens is 2. The zero-order valence-electron chi connectivity index (χ0n) is 13.2. The minimum Gasteiger partial charge on any atom is -0.383 e. The fourth-order valence-corrected chi connectivity index (χ4v) is 1.89. The third-order valence-electron chi connectivity index (χ3n) is 3.16. The molecule has 0 aliphatic heterocycles. The number of nitrogens with zero attached hydrogens (tertiary/aromatic N) is 4. The summed E-state index contributed by atoms with van der Waals surface area (Å²) in [4.78, 5) is 21.1. The average Bonchev–Trinajstić information content (AvgIpc) is 2.43. The van der Waals surface area contributed by atoms with Crippen LogP contribution >= 0.6 is 0 Å². The van der Waals surface area contributed by atoms with Crippen molar-refractivity contribution < 1.29 is 9.66 Å². The summed E-state index contributed by atoms with van der Waals surface area (Å²) in [6, 6.07) is -0.0398. The SMILES string of the molecule is CCCNc1nc(C)c([N+](=O)[O-])c(N(C)C(C)COC)n1. The second-order valence-corrected chi connectivity index (χ2v) is 4.90. The molecule has 118 valence electrons. The molecule has 0 aliphatic carbocycles. The van der Waals surface area contributed by atoms with Crippen LogP contribution in [0.5, 0.6) is 0 Å². The number of nitro groups is 1. The highest BCUT2D eigenvalue weighted by atomic mass is 16.6. The summed E-state index contributed by atoms with van der Waals surface area (Å²) in [5.41, 5.74) is 0.280. The number of nitrogens with one attached hydrogen (secondary N) is 1. The van der Waals surface area contributed by atoms with Crippen molar-refractivity contribution in [1.29, 1.82) is 0 Å². The van der Waals surface area contributed by atoms with Gasteiger partial charge in [-0.2, -0.15) is 4.98 Å². The quantitative estimate of drug-likeness (QED) is 0.579. The topological polar surface area (TPSA) is 93.4 Å². The van der Waals surface area contributed by atoms with E-state index in [9.17, 15) is 10.1 Å². The van der Waals surface area contributed by atoms with Crippen molar-refractivity contribution in [1.82, 2.24) is 9.97 Å². The molecular weight excluding hydrogens is 274 g/mol. The van der Waals surface area contributed by atoms with E-state index in [1.54, 1.807) is 26.0 Å². The highest BCUT2D eigenvalue weighted by molar-refractivity contribution is 5.62. The molecule has 0 aliphatic rings. The van der Waals surface area contributed by atoms with Gasteiger partial charge in [-0.15, -0.1) is 0 Å². The molecule has 21 heavy (non-hydrogen) atoms. The molecule has 1 N–H and O–H groups in total. The molecule has 1 atom stereocenters. The highest BCUT2D eigenvalue weighted by Gasteiger charge is 2.27. The van der Waals surface area contributed by atoms with Crippen LogP contribution in [0.15, 0.2) is 0 Å². The minimum absolute atomic E-state index is 0.0398. The first-order valence-electron chi connectivity index (χ1n) is 6.91. The van der Waals surface area contributed by atoms with Gasteiger partial charge in [0.05, 0.1) is 17.6 Å². The molecule has 1 rings (SSSR count). The maximum atomic E-state index is 11.3. The number of rotatable bonds is 8. The lowest BCUT2D eigenvalue weighted by Crippen LogP contribution is -2.34. The second-order valence-electron chi connectivity index (χ2n) is 4.90. The number of anilines is 2. The summed E-state index contributed by atoms with van der Waals surface area (Å²) in [5, 5.41) is 14.4. The minimum atomic E-state index is -0.440. The Morgan fingerprint density at radius 3 is 2.67 bits per heavy atom. The monoisotopic (exact) mass is 297 g/mol. The van der Waals surface area contributed by atoms with E-state index in [0.29, 0.717) is 30.6 Å². The van der Waals surface area contributed by atoms with E-state index in [1.807, 2.05) is 13.8 Å². The number of likely N-dealkylation sites (N-methyl/N-ethyl adjacent to an activating group) is 1. The molecule has 0 radical (unpaired) electrons. The number of hydrogen-bond acceptors (Lipinski definition) is 7. The molecule has 0 aromatic carbocycles. The second kappa shape index (κ2) is 7.72. The van der Waals surface area contributed by atoms with Gasteiger partial charge >= 0.3 is 5.69 Å². The van der Waals surface area contributed by atoms with Crippen molar-refractivity contribution in [3.63, 3.8) is 0 Å². The molecule has 8 heteroatoms. The Morgan fingerprint density at radius 2 is 2.14 bits per heavy atom. The van der Waals surface area contributed by atoms with E-state index in [4.69, 9.17) is 4.74 Å². The fourth-order valence-electron chi connectivity index (χ4n) is 1.89. The van der Waals surface area contributed by atoms with Crippen molar-refractivity contribution in [2.24, 2.45) is 0 Å². The van der Waals surface area contributed by atoms with Crippen LogP contribution in [0.3, 0.4) is 0 Å². The molecule has 0 saturated heterocycles. The van der Waals surface area contributed by atoms with Crippen LogP contribution in [0.2, 0.25) is 0 Å². The molecule has 8 nitrogen and oxygen atoms in total. The number of methoxy groups -OCH3 is 1. The lowest BCUT2D eigenvalue weighted by Gasteiger charge is -2.25. The van der Waals surface area contributed by atoms with E-state index in [2.05, 4.69) is 15.3 Å². The van der Waals surface area contributed by atoms with Gasteiger partial charge in [0.15, 0.2) is 0 Å². The summed E-state index contributed by atoms with van der Waals surface area (Å²) in [7, 11) is 3.36. The van der Waals surface area contributed by atoms with Gasteiger partial charge in [-0.3, -0.25) is 10.1 Å². The van der Waals surface area contributed by atoms with Gasteiger partial charge in [-0.05, 0) is 20.3 Å². The summed E-state index contributed by atoms with van der Waals surface area (Å²) >= 11 is 0. The lowest BCUT2D eigenvalue weighted by atomic mass is 10.2. The molecule has 1 aromatic heterocycles. The molecule has 0 saturated carbocycles. The maximum Gasteiger partial charge on any atom is 0.332 e. The van der Waals surface area contributed by atoms with E-state index >= 15 is 0 Å². The molecular formula is C13H23N5O3. The maximum absolute atomic E-state index is 11.3. The molecule has 0 fully saturated rings. The first-order valence-corrected chi connectivity index (χ1v) is 6.91. The Hall–Kier alpha value is -1.96. The number of hydrogen-bond donors (Lipinski definition) is 1. The molecule has 1 aromatic rings. The third kappa shape index (κ3) is 4.25. The van der Waals surface area contributed by atoms with Crippen molar-refractivity contribution in [2.75, 3.05) is 37.5 Å². The summed E-state index contributed by atoms with van der Waals surface area (Å²) in [5.74, 6) is 0.710. The largest absolute Gasteiger partial charge is 0.383 e. The summed E-state index contributed by atoms with van der Waals surface area (Å²) in [6.07, 6.45) is 0.921. The zero-order valence-corrected chi connectivity index (χ0v) is 13.2. The highest BCUT2D eigenvalue weighted by Crippen LogP contribution is 2.30. The third-order valence-corrected chi connectivity index (χ3v) is 3.16. The van der Waals surface area contributed by atoms with E-state index < -0.39 is 4.92 Å². The fraction of sp³-hybridized carbons (Fsp3) is 0.692. The molecule has 0 spiro atoms. The van der Waals surface area contributed by atoms with Crippen LogP contribution in [0.25, 0.3) is 0 Å². The van der Waals surface area contributed by atoms with Gasteiger partial charge in [0.1, 0.15) is 5.69 Å². The normalized spacial score (nSPS) is 12.0. The van der Waals surface area contributed by atoms with Crippen LogP contribution in [0.4, 0.5) is 17.5 Å². The predicted molar refractivity (Wildman–Crippen MR) is 81.9 cm³/mol. The number of aryl methyl sites for hydroxylation is 1. The van der Waals surface area contributed by atoms with Gasteiger partial charge < -0.3 is 15.0 Å². The zero-order chi connectivity index (χ0) is 16.0. The van der Waals surface area contributed by atoms with Crippen LogP contribution in [-0.4, -0.2) is 48.2 Å². The Bertz CT molecular complexity index is 495. The first-order chi connectivity index (χ1) is 9.92. The van der Waals surface area contributed by atoms with Crippen LogP contribution in [0, 0.1) is 17.0 Å². The standard InChI is InChI=1S/C13H23N5O3/c1-6-7-14-13-15-10(3)11(18(19)20)12(16-13)17(4)9(2)8-21-5/h9H,6-8H2,1-5H3,(H,14,15,16).